The van der Waals surface area contributed by atoms with Crippen LogP contribution in [0.1, 0.15) is 18.1 Å². The molecule has 2 atom stereocenters. The minimum Gasteiger partial charge on any atom is -0.508 e. The van der Waals surface area contributed by atoms with Gasteiger partial charge in [0.1, 0.15) is 17.7 Å². The van der Waals surface area contributed by atoms with Crippen molar-refractivity contribution in [2.24, 2.45) is 0 Å². The van der Waals surface area contributed by atoms with Crippen molar-refractivity contribution < 1.29 is 19.7 Å². The van der Waals surface area contributed by atoms with Gasteiger partial charge in [0.25, 0.3) is 0 Å². The van der Waals surface area contributed by atoms with E-state index in [1.807, 2.05) is 0 Å². The smallest absolute Gasteiger partial charge is 0.123 e. The number of phenolic OH excluding ortho intramolecular Hbond substituents is 1. The third-order valence-electron chi connectivity index (χ3n) is 2.08. The zero-order chi connectivity index (χ0) is 11.4. The van der Waals surface area contributed by atoms with Crippen molar-refractivity contribution in [3.8, 4) is 5.75 Å². The molecule has 1 aromatic rings. The fourth-order valence-corrected chi connectivity index (χ4v) is 1.46. The Balaban J connectivity index is 2.89. The first-order chi connectivity index (χ1) is 7.06. The van der Waals surface area contributed by atoms with Gasteiger partial charge in [0, 0.05) is 11.4 Å². The van der Waals surface area contributed by atoms with Gasteiger partial charge in [-0.1, -0.05) is 0 Å². The van der Waals surface area contributed by atoms with E-state index < -0.39 is 18.0 Å². The second-order valence-corrected chi connectivity index (χ2v) is 3.57. The summed E-state index contributed by atoms with van der Waals surface area (Å²) in [7, 11) is 0. The number of benzene rings is 1. The molecule has 3 nitrogen and oxygen atoms in total. The van der Waals surface area contributed by atoms with E-state index in [1.54, 1.807) is 0 Å². The first kappa shape index (κ1) is 12.2. The molecule has 1 aromatic carbocycles. The standard InChI is InChI=1S/C10H12ClFO3/c11-4-3-9(14)10(15)7-5-6(12)1-2-8(7)13/h1-2,5,9-10,13-15H,3-4H2. The Morgan fingerprint density at radius 2 is 2.00 bits per heavy atom. The van der Waals surface area contributed by atoms with Gasteiger partial charge < -0.3 is 15.3 Å². The molecule has 0 bridgehead atoms. The molecule has 15 heavy (non-hydrogen) atoms. The third kappa shape index (κ3) is 3.06. The highest BCUT2D eigenvalue weighted by atomic mass is 35.5. The predicted molar refractivity (Wildman–Crippen MR) is 54.4 cm³/mol. The minimum absolute atomic E-state index is 0.0346. The monoisotopic (exact) mass is 234 g/mol. The van der Waals surface area contributed by atoms with Crippen LogP contribution in [0.25, 0.3) is 0 Å². The van der Waals surface area contributed by atoms with Gasteiger partial charge in [-0.15, -0.1) is 11.6 Å². The Hall–Kier alpha value is -0.840. The van der Waals surface area contributed by atoms with E-state index in [4.69, 9.17) is 11.6 Å². The average Bonchev–Trinajstić information content (AvgIpc) is 2.21. The minimum atomic E-state index is -1.33. The second kappa shape index (κ2) is 5.30. The van der Waals surface area contributed by atoms with Gasteiger partial charge in [0.05, 0.1) is 6.10 Å². The molecule has 3 N–H and O–H groups in total. The molecule has 0 fully saturated rings. The molecule has 0 aliphatic carbocycles. The number of aromatic hydroxyl groups is 1. The Labute approximate surface area is 91.7 Å². The van der Waals surface area contributed by atoms with Crippen molar-refractivity contribution in [2.45, 2.75) is 18.6 Å². The van der Waals surface area contributed by atoms with Crippen molar-refractivity contribution in [1.29, 1.82) is 0 Å². The van der Waals surface area contributed by atoms with Crippen LogP contribution in [0.5, 0.6) is 5.75 Å². The third-order valence-corrected chi connectivity index (χ3v) is 2.30. The van der Waals surface area contributed by atoms with Gasteiger partial charge in [0.15, 0.2) is 0 Å². The maximum Gasteiger partial charge on any atom is 0.123 e. The Morgan fingerprint density at radius 3 is 2.60 bits per heavy atom. The molecular weight excluding hydrogens is 223 g/mol. The average molecular weight is 235 g/mol. The lowest BCUT2D eigenvalue weighted by Crippen LogP contribution is -2.18. The SMILES string of the molecule is Oc1ccc(F)cc1C(O)C(O)CCCl. The summed E-state index contributed by atoms with van der Waals surface area (Å²) in [6, 6.07) is 3.18. The van der Waals surface area contributed by atoms with E-state index in [-0.39, 0.29) is 23.6 Å². The summed E-state index contributed by atoms with van der Waals surface area (Å²) < 4.78 is 12.8. The second-order valence-electron chi connectivity index (χ2n) is 3.19. The van der Waals surface area contributed by atoms with E-state index in [0.29, 0.717) is 0 Å². The molecule has 0 aliphatic heterocycles. The lowest BCUT2D eigenvalue weighted by molar-refractivity contribution is 0.0155. The lowest BCUT2D eigenvalue weighted by Gasteiger charge is -2.18. The van der Waals surface area contributed by atoms with Gasteiger partial charge in [-0.05, 0) is 24.6 Å². The van der Waals surface area contributed by atoms with Crippen molar-refractivity contribution in [3.63, 3.8) is 0 Å². The number of halogens is 2. The van der Waals surface area contributed by atoms with E-state index in [0.717, 1.165) is 18.2 Å². The molecule has 0 radical (unpaired) electrons. The summed E-state index contributed by atoms with van der Waals surface area (Å²) in [6.45, 7) is 0. The summed E-state index contributed by atoms with van der Waals surface area (Å²) in [5.74, 6) is -0.661. The summed E-state index contributed by atoms with van der Waals surface area (Å²) in [5.41, 5.74) is -0.0346. The number of hydrogen-bond donors (Lipinski definition) is 3. The zero-order valence-corrected chi connectivity index (χ0v) is 8.65. The molecule has 0 heterocycles. The maximum atomic E-state index is 12.8. The predicted octanol–water partition coefficient (Wildman–Crippen LogP) is 1.55. The van der Waals surface area contributed by atoms with Gasteiger partial charge >= 0.3 is 0 Å². The highest BCUT2D eigenvalue weighted by Gasteiger charge is 2.21. The summed E-state index contributed by atoms with van der Waals surface area (Å²) >= 11 is 5.39. The van der Waals surface area contributed by atoms with Crippen molar-refractivity contribution in [2.75, 3.05) is 5.88 Å². The van der Waals surface area contributed by atoms with Crippen molar-refractivity contribution in [1.82, 2.24) is 0 Å². The summed E-state index contributed by atoms with van der Waals surface area (Å²) in [4.78, 5) is 0. The van der Waals surface area contributed by atoms with Crippen LogP contribution < -0.4 is 0 Å². The fourth-order valence-electron chi connectivity index (χ4n) is 1.24. The number of rotatable bonds is 4. The van der Waals surface area contributed by atoms with Crippen molar-refractivity contribution >= 4 is 11.6 Å². The van der Waals surface area contributed by atoms with Crippen molar-refractivity contribution in [3.05, 3.63) is 29.6 Å². The number of aliphatic hydroxyl groups is 2. The maximum absolute atomic E-state index is 12.8. The van der Waals surface area contributed by atoms with Crippen LogP contribution in [0, 0.1) is 5.82 Å². The summed E-state index contributed by atoms with van der Waals surface area (Å²) in [5, 5.41) is 28.4. The highest BCUT2D eigenvalue weighted by molar-refractivity contribution is 6.17. The van der Waals surface area contributed by atoms with Gasteiger partial charge in [-0.3, -0.25) is 0 Å². The molecule has 0 saturated heterocycles. The topological polar surface area (TPSA) is 60.7 Å². The molecule has 0 spiro atoms. The molecule has 0 aliphatic rings. The van der Waals surface area contributed by atoms with Gasteiger partial charge in [-0.2, -0.15) is 0 Å². The Morgan fingerprint density at radius 1 is 1.33 bits per heavy atom. The van der Waals surface area contributed by atoms with E-state index in [2.05, 4.69) is 0 Å². The number of aliphatic hydroxyl groups excluding tert-OH is 2. The Kier molecular flexibility index (Phi) is 4.32. The first-order valence-corrected chi connectivity index (χ1v) is 5.00. The first-order valence-electron chi connectivity index (χ1n) is 4.46. The molecule has 5 heteroatoms. The summed E-state index contributed by atoms with van der Waals surface area (Å²) in [6.07, 6.45) is -2.28. The number of hydrogen-bond acceptors (Lipinski definition) is 3. The van der Waals surface area contributed by atoms with Crippen LogP contribution in [0.4, 0.5) is 4.39 Å². The van der Waals surface area contributed by atoms with Crippen LogP contribution >= 0.6 is 11.6 Å². The van der Waals surface area contributed by atoms with Gasteiger partial charge in [0.2, 0.25) is 0 Å². The van der Waals surface area contributed by atoms with Crippen LogP contribution in [0.3, 0.4) is 0 Å². The molecule has 0 amide bonds. The van der Waals surface area contributed by atoms with Gasteiger partial charge in [-0.25, -0.2) is 4.39 Å². The zero-order valence-electron chi connectivity index (χ0n) is 7.90. The number of phenols is 1. The van der Waals surface area contributed by atoms with E-state index in [1.165, 1.54) is 0 Å². The van der Waals surface area contributed by atoms with Crippen LogP contribution in [-0.4, -0.2) is 27.3 Å². The largest absolute Gasteiger partial charge is 0.508 e. The quantitative estimate of drug-likeness (QED) is 0.693. The molecule has 84 valence electrons. The van der Waals surface area contributed by atoms with Crippen LogP contribution in [0.2, 0.25) is 0 Å². The fraction of sp³-hybridized carbons (Fsp3) is 0.400. The Bertz CT molecular complexity index is 332. The highest BCUT2D eigenvalue weighted by Crippen LogP contribution is 2.28. The van der Waals surface area contributed by atoms with Crippen LogP contribution in [0.15, 0.2) is 18.2 Å². The van der Waals surface area contributed by atoms with E-state index in [9.17, 15) is 19.7 Å². The van der Waals surface area contributed by atoms with E-state index >= 15 is 0 Å². The molecule has 1 rings (SSSR count). The molecular formula is C10H12ClFO3. The molecule has 0 saturated carbocycles. The lowest BCUT2D eigenvalue weighted by atomic mass is 10.0. The number of alkyl halides is 1. The molecule has 0 aromatic heterocycles. The molecule has 2 unspecified atom stereocenters. The normalized spacial score (nSPS) is 14.9. The van der Waals surface area contributed by atoms with Crippen LogP contribution in [-0.2, 0) is 0 Å².